The third-order valence-corrected chi connectivity index (χ3v) is 6.31. The van der Waals surface area contributed by atoms with Gasteiger partial charge < -0.3 is 19.3 Å². The van der Waals surface area contributed by atoms with Gasteiger partial charge in [-0.3, -0.25) is 14.6 Å². The molecule has 4 rings (SSSR count). The van der Waals surface area contributed by atoms with E-state index in [1.165, 1.54) is 17.0 Å². The lowest BCUT2D eigenvalue weighted by atomic mass is 9.99. The third-order valence-electron chi connectivity index (χ3n) is 6.31. The topological polar surface area (TPSA) is 72.0 Å². The molecule has 0 spiro atoms. The number of alkyl halides is 3. The second-order valence-corrected chi connectivity index (χ2v) is 8.91. The van der Waals surface area contributed by atoms with Gasteiger partial charge in [0.05, 0.1) is 18.3 Å². The number of carbonyl (C=O) groups is 2. The summed E-state index contributed by atoms with van der Waals surface area (Å²) in [5.41, 5.74) is -0.128. The number of benzene rings is 1. The molecule has 2 fully saturated rings. The summed E-state index contributed by atoms with van der Waals surface area (Å²) in [5, 5.41) is 0. The zero-order valence-corrected chi connectivity index (χ0v) is 19.2. The van der Waals surface area contributed by atoms with E-state index in [9.17, 15) is 22.8 Å². The zero-order chi connectivity index (χ0) is 24.8. The van der Waals surface area contributed by atoms with Crippen molar-refractivity contribution >= 4 is 11.8 Å². The molecule has 0 bridgehead atoms. The van der Waals surface area contributed by atoms with Gasteiger partial charge in [0, 0.05) is 50.8 Å². The molecule has 0 radical (unpaired) electrons. The van der Waals surface area contributed by atoms with Crippen LogP contribution in [0.15, 0.2) is 48.8 Å². The Morgan fingerprint density at radius 1 is 1.11 bits per heavy atom. The van der Waals surface area contributed by atoms with Gasteiger partial charge in [0.1, 0.15) is 6.54 Å². The molecular formula is C25H28F3N3O4. The maximum atomic E-state index is 13.2. The van der Waals surface area contributed by atoms with Crippen LogP contribution in [-0.2, 0) is 27.1 Å². The van der Waals surface area contributed by atoms with Crippen molar-refractivity contribution in [2.24, 2.45) is 5.92 Å². The fraction of sp³-hybridized carbons (Fsp3) is 0.480. The van der Waals surface area contributed by atoms with Crippen molar-refractivity contribution in [3.8, 4) is 0 Å². The quantitative estimate of drug-likeness (QED) is 0.620. The van der Waals surface area contributed by atoms with Crippen molar-refractivity contribution in [2.45, 2.75) is 31.7 Å². The molecule has 1 atom stereocenters. The monoisotopic (exact) mass is 491 g/mol. The minimum atomic E-state index is -4.57. The number of ether oxygens (including phenoxy) is 2. The average molecular weight is 492 g/mol. The molecule has 35 heavy (non-hydrogen) atoms. The number of halogens is 3. The van der Waals surface area contributed by atoms with Gasteiger partial charge in [0.15, 0.2) is 0 Å². The predicted octanol–water partition coefficient (Wildman–Crippen LogP) is 3.40. The van der Waals surface area contributed by atoms with Crippen molar-refractivity contribution in [1.29, 1.82) is 0 Å². The van der Waals surface area contributed by atoms with Gasteiger partial charge in [-0.2, -0.15) is 13.2 Å². The van der Waals surface area contributed by atoms with Gasteiger partial charge in [0.2, 0.25) is 5.91 Å². The molecule has 2 saturated heterocycles. The van der Waals surface area contributed by atoms with Crippen LogP contribution >= 0.6 is 0 Å². The van der Waals surface area contributed by atoms with Crippen molar-refractivity contribution < 1.29 is 32.2 Å². The summed E-state index contributed by atoms with van der Waals surface area (Å²) in [6.07, 6.45) is -0.0730. The number of nitrogens with zero attached hydrogens (tertiary/aromatic N) is 3. The van der Waals surface area contributed by atoms with Crippen LogP contribution < -0.4 is 0 Å². The highest BCUT2D eigenvalue weighted by atomic mass is 19.4. The summed E-state index contributed by atoms with van der Waals surface area (Å²) in [5.74, 6) is -0.582. The van der Waals surface area contributed by atoms with E-state index in [2.05, 4.69) is 4.98 Å². The van der Waals surface area contributed by atoms with E-state index in [-0.39, 0.29) is 31.2 Å². The smallest absolute Gasteiger partial charge is 0.381 e. The molecule has 0 unspecified atom stereocenters. The number of hydrogen-bond donors (Lipinski definition) is 0. The molecular weight excluding hydrogens is 463 g/mol. The highest BCUT2D eigenvalue weighted by Crippen LogP contribution is 2.30. The van der Waals surface area contributed by atoms with Crippen LogP contribution in [0, 0.1) is 5.92 Å². The normalized spacial score (nSPS) is 20.1. The molecule has 0 N–H and O–H groups in total. The molecule has 0 aliphatic carbocycles. The Labute approximate surface area is 201 Å². The van der Waals surface area contributed by atoms with Gasteiger partial charge in [-0.1, -0.05) is 6.07 Å². The molecule has 188 valence electrons. The molecule has 3 heterocycles. The van der Waals surface area contributed by atoms with E-state index < -0.39 is 23.8 Å². The lowest BCUT2D eigenvalue weighted by Gasteiger charge is -2.30. The predicted molar refractivity (Wildman–Crippen MR) is 120 cm³/mol. The summed E-state index contributed by atoms with van der Waals surface area (Å²) in [7, 11) is 0. The number of rotatable bonds is 6. The van der Waals surface area contributed by atoms with Crippen LogP contribution in [0.25, 0.3) is 0 Å². The Hall–Kier alpha value is -2.98. The Kier molecular flexibility index (Phi) is 8.02. The molecule has 0 saturated carbocycles. The number of pyridine rings is 1. The van der Waals surface area contributed by atoms with E-state index in [0.717, 1.165) is 30.5 Å². The SMILES string of the molecule is O=C1CN(C(=O)c2cccc(C(F)(F)F)c2)C[C@H](OCc2ccncc2)CN1CC1CCOCC1. The van der Waals surface area contributed by atoms with Crippen molar-refractivity contribution in [3.05, 3.63) is 65.5 Å². The number of carbonyl (C=O) groups excluding carboxylic acids is 2. The highest BCUT2D eigenvalue weighted by molar-refractivity contribution is 5.97. The maximum absolute atomic E-state index is 13.2. The summed E-state index contributed by atoms with van der Waals surface area (Å²) in [4.78, 5) is 33.3. The largest absolute Gasteiger partial charge is 0.416 e. The summed E-state index contributed by atoms with van der Waals surface area (Å²) >= 11 is 0. The standard InChI is InChI=1S/C25H28F3N3O4/c26-25(27,28)21-3-1-2-20(12-21)24(33)31-15-22(35-17-19-4-8-29-9-5-19)14-30(23(32)16-31)13-18-6-10-34-11-7-18/h1-5,8-9,12,18,22H,6-7,10-11,13-17H2/t22-/m1/s1. The van der Waals surface area contributed by atoms with E-state index in [0.29, 0.717) is 32.2 Å². The lowest BCUT2D eigenvalue weighted by molar-refractivity contribution is -0.137. The molecule has 2 aromatic rings. The Balaban J connectivity index is 1.52. The van der Waals surface area contributed by atoms with Crippen molar-refractivity contribution in [2.75, 3.05) is 39.4 Å². The van der Waals surface area contributed by atoms with Gasteiger partial charge in [-0.05, 0) is 54.7 Å². The molecule has 1 aromatic heterocycles. The Morgan fingerprint density at radius 2 is 1.86 bits per heavy atom. The van der Waals surface area contributed by atoms with Crippen molar-refractivity contribution in [3.63, 3.8) is 0 Å². The second kappa shape index (κ2) is 11.2. The third kappa shape index (κ3) is 6.79. The van der Waals surface area contributed by atoms with Gasteiger partial charge in [-0.15, -0.1) is 0 Å². The van der Waals surface area contributed by atoms with E-state index in [4.69, 9.17) is 9.47 Å². The first kappa shape index (κ1) is 25.1. The molecule has 1 aromatic carbocycles. The zero-order valence-electron chi connectivity index (χ0n) is 19.2. The molecule has 2 aliphatic heterocycles. The Morgan fingerprint density at radius 3 is 2.57 bits per heavy atom. The molecule has 2 aliphatic rings. The summed E-state index contributed by atoms with van der Waals surface area (Å²) in [6.45, 7) is 2.27. The van der Waals surface area contributed by atoms with Crippen LogP contribution in [0.2, 0.25) is 0 Å². The van der Waals surface area contributed by atoms with Crippen molar-refractivity contribution in [1.82, 2.24) is 14.8 Å². The fourth-order valence-electron chi connectivity index (χ4n) is 4.36. The Bertz CT molecular complexity index is 1010. The summed E-state index contributed by atoms with van der Waals surface area (Å²) in [6, 6.07) is 7.90. The average Bonchev–Trinajstić information content (AvgIpc) is 3.01. The molecule has 2 amide bonds. The maximum Gasteiger partial charge on any atom is 0.416 e. The minimum Gasteiger partial charge on any atom is -0.381 e. The first-order chi connectivity index (χ1) is 16.8. The highest BCUT2D eigenvalue weighted by Gasteiger charge is 2.34. The van der Waals surface area contributed by atoms with E-state index in [1.807, 2.05) is 12.1 Å². The number of hydrogen-bond acceptors (Lipinski definition) is 5. The van der Waals surface area contributed by atoms with E-state index in [1.54, 1.807) is 17.3 Å². The van der Waals surface area contributed by atoms with Gasteiger partial charge in [0.25, 0.3) is 5.91 Å². The van der Waals surface area contributed by atoms with Gasteiger partial charge in [-0.25, -0.2) is 0 Å². The number of amides is 2. The first-order valence-corrected chi connectivity index (χ1v) is 11.6. The minimum absolute atomic E-state index is 0.0934. The van der Waals surface area contributed by atoms with Crippen LogP contribution in [0.1, 0.15) is 34.3 Å². The fourth-order valence-corrected chi connectivity index (χ4v) is 4.36. The lowest BCUT2D eigenvalue weighted by Crippen LogP contribution is -2.42. The summed E-state index contributed by atoms with van der Waals surface area (Å²) < 4.78 is 51.0. The molecule has 10 heteroatoms. The number of aromatic nitrogens is 1. The second-order valence-electron chi connectivity index (χ2n) is 8.91. The molecule has 7 nitrogen and oxygen atoms in total. The van der Waals surface area contributed by atoms with Crippen LogP contribution in [0.4, 0.5) is 13.2 Å². The van der Waals surface area contributed by atoms with E-state index >= 15 is 0 Å². The first-order valence-electron chi connectivity index (χ1n) is 11.6. The van der Waals surface area contributed by atoms with Crippen LogP contribution in [0.5, 0.6) is 0 Å². The van der Waals surface area contributed by atoms with Gasteiger partial charge >= 0.3 is 6.18 Å². The van der Waals surface area contributed by atoms with Crippen LogP contribution in [-0.4, -0.2) is 72.1 Å². The van der Waals surface area contributed by atoms with Crippen LogP contribution in [0.3, 0.4) is 0 Å².